The molecule has 1 aliphatic carbocycles. The second-order valence-electron chi connectivity index (χ2n) is 6.30. The molecule has 1 saturated carbocycles. The minimum atomic E-state index is -0.646. The van der Waals surface area contributed by atoms with Crippen LogP contribution in [0.1, 0.15) is 50.5 Å². The van der Waals surface area contributed by atoms with Crippen molar-refractivity contribution in [3.05, 3.63) is 34.3 Å². The molecule has 2 aliphatic rings. The van der Waals surface area contributed by atoms with Gasteiger partial charge >= 0.3 is 6.03 Å². The van der Waals surface area contributed by atoms with Gasteiger partial charge in [0.25, 0.3) is 5.91 Å². The van der Waals surface area contributed by atoms with Crippen LogP contribution in [0.25, 0.3) is 0 Å². The number of nitrogens with zero attached hydrogens (tertiary/aromatic N) is 1. The number of rotatable bonds is 2. The maximum atomic E-state index is 12.9. The number of hydrogen-bond acceptors (Lipinski definition) is 2. The van der Waals surface area contributed by atoms with Gasteiger partial charge in [0.05, 0.1) is 6.54 Å². The van der Waals surface area contributed by atoms with Gasteiger partial charge in [0.1, 0.15) is 5.54 Å². The van der Waals surface area contributed by atoms with Crippen LogP contribution in [0.5, 0.6) is 0 Å². The Morgan fingerprint density at radius 1 is 1.00 bits per heavy atom. The van der Waals surface area contributed by atoms with Crippen LogP contribution >= 0.6 is 15.9 Å². The number of hydrogen-bond donors (Lipinski definition) is 1. The average Bonchev–Trinajstić information content (AvgIpc) is 2.70. The quantitative estimate of drug-likeness (QED) is 0.806. The summed E-state index contributed by atoms with van der Waals surface area (Å²) < 4.78 is 0.991. The Labute approximate surface area is 139 Å². The first-order chi connectivity index (χ1) is 10.6. The molecule has 1 saturated heterocycles. The van der Waals surface area contributed by atoms with Crippen molar-refractivity contribution in [1.29, 1.82) is 0 Å². The van der Waals surface area contributed by atoms with E-state index >= 15 is 0 Å². The molecule has 1 aromatic carbocycles. The van der Waals surface area contributed by atoms with Gasteiger partial charge in [0, 0.05) is 4.47 Å². The van der Waals surface area contributed by atoms with E-state index in [1.165, 1.54) is 11.3 Å². The van der Waals surface area contributed by atoms with Gasteiger partial charge in [-0.1, -0.05) is 60.2 Å². The van der Waals surface area contributed by atoms with Crippen molar-refractivity contribution in [2.24, 2.45) is 0 Å². The molecule has 5 heteroatoms. The highest BCUT2D eigenvalue weighted by Crippen LogP contribution is 2.32. The fourth-order valence-corrected chi connectivity index (χ4v) is 3.70. The maximum Gasteiger partial charge on any atom is 0.325 e. The highest BCUT2D eigenvalue weighted by Gasteiger charge is 2.50. The van der Waals surface area contributed by atoms with E-state index in [4.69, 9.17) is 0 Å². The molecule has 1 aromatic rings. The van der Waals surface area contributed by atoms with Crippen LogP contribution in [-0.2, 0) is 11.3 Å². The summed E-state index contributed by atoms with van der Waals surface area (Å²) in [6.07, 6.45) is 7.11. The minimum absolute atomic E-state index is 0.0395. The molecule has 118 valence electrons. The molecule has 0 aromatic heterocycles. The highest BCUT2D eigenvalue weighted by molar-refractivity contribution is 9.10. The Bertz CT molecular complexity index is 563. The Kier molecular flexibility index (Phi) is 4.52. The van der Waals surface area contributed by atoms with E-state index in [0.717, 1.165) is 48.6 Å². The Balaban J connectivity index is 1.76. The zero-order chi connectivity index (χ0) is 15.6. The van der Waals surface area contributed by atoms with Crippen molar-refractivity contribution in [3.63, 3.8) is 0 Å². The summed E-state index contributed by atoms with van der Waals surface area (Å²) in [5, 5.41) is 3.00. The fraction of sp³-hybridized carbons (Fsp3) is 0.529. The predicted octanol–water partition coefficient (Wildman–Crippen LogP) is 3.98. The molecule has 1 spiro atoms. The molecule has 1 N–H and O–H groups in total. The van der Waals surface area contributed by atoms with Crippen molar-refractivity contribution < 1.29 is 9.59 Å². The van der Waals surface area contributed by atoms with Crippen LogP contribution < -0.4 is 5.32 Å². The van der Waals surface area contributed by atoms with Gasteiger partial charge in [0.15, 0.2) is 0 Å². The highest BCUT2D eigenvalue weighted by atomic mass is 79.9. The number of benzene rings is 1. The van der Waals surface area contributed by atoms with Crippen molar-refractivity contribution in [1.82, 2.24) is 10.2 Å². The standard InChI is InChI=1S/C17H21BrN2O2/c18-14-8-6-13(7-9-14)12-20-15(21)17(19-16(20)22)10-4-2-1-3-5-11-17/h6-9H,1-5,10-12H2,(H,19,22). The van der Waals surface area contributed by atoms with E-state index in [1.54, 1.807) is 0 Å². The third-order valence-electron chi connectivity index (χ3n) is 4.71. The fourth-order valence-electron chi connectivity index (χ4n) is 3.44. The summed E-state index contributed by atoms with van der Waals surface area (Å²) >= 11 is 3.40. The third-order valence-corrected chi connectivity index (χ3v) is 5.24. The lowest BCUT2D eigenvalue weighted by atomic mass is 9.84. The smallest absolute Gasteiger partial charge is 0.323 e. The van der Waals surface area contributed by atoms with Gasteiger partial charge in [-0.15, -0.1) is 0 Å². The first kappa shape index (κ1) is 15.5. The molecule has 0 unspecified atom stereocenters. The number of nitrogens with one attached hydrogen (secondary N) is 1. The second kappa shape index (κ2) is 6.41. The second-order valence-corrected chi connectivity index (χ2v) is 7.21. The Morgan fingerprint density at radius 3 is 2.23 bits per heavy atom. The van der Waals surface area contributed by atoms with Crippen molar-refractivity contribution in [2.45, 2.75) is 57.0 Å². The number of imide groups is 1. The molecule has 1 aliphatic heterocycles. The van der Waals surface area contributed by atoms with Crippen molar-refractivity contribution in [3.8, 4) is 0 Å². The van der Waals surface area contributed by atoms with E-state index in [-0.39, 0.29) is 11.9 Å². The van der Waals surface area contributed by atoms with Crippen LogP contribution in [0.4, 0.5) is 4.79 Å². The summed E-state index contributed by atoms with van der Waals surface area (Å²) in [5.74, 6) is -0.0395. The van der Waals surface area contributed by atoms with Crippen LogP contribution in [0, 0.1) is 0 Å². The molecule has 3 rings (SSSR count). The number of carbonyl (C=O) groups excluding carboxylic acids is 2. The van der Waals surface area contributed by atoms with Gasteiger partial charge < -0.3 is 5.32 Å². The lowest BCUT2D eigenvalue weighted by Crippen LogP contribution is -2.47. The minimum Gasteiger partial charge on any atom is -0.323 e. The van der Waals surface area contributed by atoms with Gasteiger partial charge in [-0.2, -0.15) is 0 Å². The molecule has 0 atom stereocenters. The van der Waals surface area contributed by atoms with E-state index in [9.17, 15) is 9.59 Å². The molecule has 3 amide bonds. The van der Waals surface area contributed by atoms with Gasteiger partial charge in [0.2, 0.25) is 0 Å². The van der Waals surface area contributed by atoms with E-state index in [0.29, 0.717) is 6.54 Å². The third kappa shape index (κ3) is 3.05. The monoisotopic (exact) mass is 364 g/mol. The zero-order valence-corrected chi connectivity index (χ0v) is 14.2. The zero-order valence-electron chi connectivity index (χ0n) is 12.6. The van der Waals surface area contributed by atoms with Crippen LogP contribution in [-0.4, -0.2) is 22.4 Å². The molecule has 2 fully saturated rings. The van der Waals surface area contributed by atoms with Gasteiger partial charge in [-0.3, -0.25) is 9.69 Å². The number of carbonyl (C=O) groups is 2. The van der Waals surface area contributed by atoms with E-state index in [2.05, 4.69) is 21.2 Å². The average molecular weight is 365 g/mol. The molecular weight excluding hydrogens is 344 g/mol. The number of urea groups is 1. The summed E-state index contributed by atoms with van der Waals surface area (Å²) in [7, 11) is 0. The molecule has 0 bridgehead atoms. The largest absolute Gasteiger partial charge is 0.325 e. The Morgan fingerprint density at radius 2 is 1.59 bits per heavy atom. The summed E-state index contributed by atoms with van der Waals surface area (Å²) in [4.78, 5) is 26.6. The summed E-state index contributed by atoms with van der Waals surface area (Å²) in [6, 6.07) is 7.49. The molecule has 22 heavy (non-hydrogen) atoms. The van der Waals surface area contributed by atoms with Crippen LogP contribution in [0.2, 0.25) is 0 Å². The van der Waals surface area contributed by atoms with E-state index in [1.807, 2.05) is 24.3 Å². The molecule has 1 heterocycles. The number of halogens is 1. The van der Waals surface area contributed by atoms with E-state index < -0.39 is 5.54 Å². The maximum absolute atomic E-state index is 12.9. The topological polar surface area (TPSA) is 49.4 Å². The first-order valence-corrected chi connectivity index (χ1v) is 8.79. The van der Waals surface area contributed by atoms with Crippen molar-refractivity contribution >= 4 is 27.9 Å². The van der Waals surface area contributed by atoms with Gasteiger partial charge in [-0.25, -0.2) is 4.79 Å². The first-order valence-electron chi connectivity index (χ1n) is 7.99. The summed E-state index contributed by atoms with van der Waals surface area (Å²) in [6.45, 7) is 0.347. The Hall–Kier alpha value is -1.36. The lowest BCUT2D eigenvalue weighted by Gasteiger charge is -2.28. The molecule has 0 radical (unpaired) electrons. The summed E-state index contributed by atoms with van der Waals surface area (Å²) in [5.41, 5.74) is 0.321. The SMILES string of the molecule is O=C1NC2(CCCCCCC2)C(=O)N1Cc1ccc(Br)cc1. The van der Waals surface area contributed by atoms with Crippen molar-refractivity contribution in [2.75, 3.05) is 0 Å². The van der Waals surface area contributed by atoms with Crippen LogP contribution in [0.3, 0.4) is 0 Å². The molecule has 4 nitrogen and oxygen atoms in total. The lowest BCUT2D eigenvalue weighted by molar-refractivity contribution is -0.132. The van der Waals surface area contributed by atoms with Gasteiger partial charge in [-0.05, 0) is 30.5 Å². The normalized spacial score (nSPS) is 21.6. The molecular formula is C17H21BrN2O2. The predicted molar refractivity (Wildman–Crippen MR) is 88.3 cm³/mol. The van der Waals surface area contributed by atoms with Crippen LogP contribution in [0.15, 0.2) is 28.7 Å². The number of amides is 3.